The molecule has 2 aromatic heterocycles. The lowest BCUT2D eigenvalue weighted by Crippen LogP contribution is -2.04. The Morgan fingerprint density at radius 3 is 1.74 bits per heavy atom. The first-order valence-electron chi connectivity index (χ1n) is 11.5. The molecule has 0 saturated heterocycles. The monoisotopic (exact) mass is 473 g/mol. The molecule has 5 aromatic rings. The highest BCUT2D eigenvalue weighted by molar-refractivity contribution is 7.00. The normalized spacial score (nSPS) is 11.7. The van der Waals surface area contributed by atoms with Crippen molar-refractivity contribution < 1.29 is 9.47 Å². The molecule has 0 radical (unpaired) electrons. The summed E-state index contributed by atoms with van der Waals surface area (Å²) in [5, 5.41) is 11.7. The predicted octanol–water partition coefficient (Wildman–Crippen LogP) is 6.37. The number of H-pyrrole nitrogens is 1. The van der Waals surface area contributed by atoms with Crippen LogP contribution < -0.4 is 9.47 Å². The van der Waals surface area contributed by atoms with Gasteiger partial charge in [0.25, 0.3) is 0 Å². The van der Waals surface area contributed by atoms with Gasteiger partial charge in [0, 0.05) is 11.1 Å². The molecule has 0 spiro atoms. The number of ether oxygens (including phenoxy) is 2. The van der Waals surface area contributed by atoms with E-state index in [0.717, 1.165) is 55.8 Å². The van der Waals surface area contributed by atoms with Crippen LogP contribution in [0.4, 0.5) is 0 Å². The van der Waals surface area contributed by atoms with Crippen molar-refractivity contribution in [3.8, 4) is 33.8 Å². The van der Waals surface area contributed by atoms with Gasteiger partial charge in [-0.15, -0.1) is 5.10 Å². The average molecular weight is 474 g/mol. The van der Waals surface area contributed by atoms with E-state index in [9.17, 15) is 0 Å². The van der Waals surface area contributed by atoms with Crippen LogP contribution in [-0.4, -0.2) is 37.4 Å². The summed E-state index contributed by atoms with van der Waals surface area (Å²) in [6, 6.07) is 16.1. The van der Waals surface area contributed by atoms with Gasteiger partial charge in [0.05, 0.1) is 30.5 Å². The Morgan fingerprint density at radius 1 is 0.706 bits per heavy atom. The molecule has 5 rings (SSSR count). The van der Waals surface area contributed by atoms with E-state index in [0.29, 0.717) is 25.0 Å². The molecule has 8 heteroatoms. The topological polar surface area (TPSA) is 85.8 Å². The van der Waals surface area contributed by atoms with Gasteiger partial charge < -0.3 is 9.47 Å². The zero-order chi connectivity index (χ0) is 23.7. The van der Waals surface area contributed by atoms with Gasteiger partial charge in [-0.05, 0) is 47.2 Å². The highest BCUT2D eigenvalue weighted by Crippen LogP contribution is 2.41. The van der Waals surface area contributed by atoms with Crippen molar-refractivity contribution in [2.45, 2.75) is 27.7 Å². The molecule has 174 valence electrons. The fourth-order valence-electron chi connectivity index (χ4n) is 3.84. The van der Waals surface area contributed by atoms with Crippen molar-refractivity contribution in [1.82, 2.24) is 24.2 Å². The van der Waals surface area contributed by atoms with Gasteiger partial charge in [0.15, 0.2) is 0 Å². The third kappa shape index (κ3) is 4.33. The Kier molecular flexibility index (Phi) is 6.15. The summed E-state index contributed by atoms with van der Waals surface area (Å²) in [7, 11) is 0. The lowest BCUT2D eigenvalue weighted by Gasteiger charge is -2.12. The van der Waals surface area contributed by atoms with Crippen LogP contribution in [0, 0.1) is 11.8 Å². The molecule has 3 aromatic carbocycles. The second-order valence-corrected chi connectivity index (χ2v) is 9.73. The summed E-state index contributed by atoms with van der Waals surface area (Å²) >= 11 is 1.20. The van der Waals surface area contributed by atoms with Crippen LogP contribution in [0.1, 0.15) is 27.7 Å². The second-order valence-electron chi connectivity index (χ2n) is 9.21. The minimum atomic E-state index is 0.471. The maximum Gasteiger partial charge on any atom is 0.123 e. The van der Waals surface area contributed by atoms with Crippen molar-refractivity contribution in [3.05, 3.63) is 48.5 Å². The summed E-state index contributed by atoms with van der Waals surface area (Å²) in [5.41, 5.74) is 7.12. The van der Waals surface area contributed by atoms with E-state index in [2.05, 4.69) is 51.9 Å². The van der Waals surface area contributed by atoms with Crippen molar-refractivity contribution in [1.29, 1.82) is 0 Å². The average Bonchev–Trinajstić information content (AvgIpc) is 3.51. The number of benzene rings is 3. The molecule has 34 heavy (non-hydrogen) atoms. The van der Waals surface area contributed by atoms with Crippen LogP contribution >= 0.6 is 11.7 Å². The Bertz CT molecular complexity index is 1250. The third-order valence-electron chi connectivity index (χ3n) is 5.45. The second kappa shape index (κ2) is 9.38. The third-order valence-corrected chi connectivity index (χ3v) is 5.98. The summed E-state index contributed by atoms with van der Waals surface area (Å²) in [4.78, 5) is 0. The van der Waals surface area contributed by atoms with Crippen LogP contribution in [0.2, 0.25) is 0 Å². The Balaban J connectivity index is 1.57. The van der Waals surface area contributed by atoms with E-state index in [1.54, 1.807) is 0 Å². The maximum atomic E-state index is 5.85. The largest absolute Gasteiger partial charge is 0.493 e. The number of rotatable bonds is 8. The van der Waals surface area contributed by atoms with Crippen LogP contribution in [0.5, 0.6) is 11.5 Å². The molecular weight excluding hydrogens is 446 g/mol. The number of nitrogens with zero attached hydrogens (tertiary/aromatic N) is 4. The minimum absolute atomic E-state index is 0.471. The zero-order valence-corrected chi connectivity index (χ0v) is 20.5. The Hall–Kier alpha value is -3.52. The number of aromatic amines is 1. The lowest BCUT2D eigenvalue weighted by molar-refractivity contribution is 0.271. The summed E-state index contributed by atoms with van der Waals surface area (Å²) in [5.74, 6) is 2.64. The van der Waals surface area contributed by atoms with Gasteiger partial charge in [0.2, 0.25) is 0 Å². The van der Waals surface area contributed by atoms with E-state index >= 15 is 0 Å². The Morgan fingerprint density at radius 2 is 1.21 bits per heavy atom. The molecule has 0 aliphatic carbocycles. The standard InChI is InChI=1S/C26H27N5O2S/c1-15(2)13-32-19-9-5-17(6-10-19)21-23-24(28-31-27-23)22(26-25(21)29-34-30-26)18-7-11-20(12-8-18)33-14-16(3)4/h5-12,15-16H,13-14H2,1-4H3,(H,27,28). The van der Waals surface area contributed by atoms with Gasteiger partial charge >= 0.3 is 0 Å². The van der Waals surface area contributed by atoms with Gasteiger partial charge in [-0.3, -0.25) is 5.10 Å². The molecule has 0 fully saturated rings. The van der Waals surface area contributed by atoms with E-state index in [1.165, 1.54) is 11.7 Å². The van der Waals surface area contributed by atoms with Crippen LogP contribution in [0.15, 0.2) is 48.5 Å². The molecule has 0 aliphatic rings. The van der Waals surface area contributed by atoms with Gasteiger partial charge in [-0.1, -0.05) is 57.2 Å². The van der Waals surface area contributed by atoms with Gasteiger partial charge in [-0.2, -0.15) is 8.75 Å². The number of hydrogen-bond acceptors (Lipinski definition) is 7. The van der Waals surface area contributed by atoms with Crippen molar-refractivity contribution in [2.75, 3.05) is 13.2 Å². The van der Waals surface area contributed by atoms with E-state index in [4.69, 9.17) is 9.47 Å². The van der Waals surface area contributed by atoms with Crippen molar-refractivity contribution in [2.24, 2.45) is 11.8 Å². The molecule has 0 amide bonds. The minimum Gasteiger partial charge on any atom is -0.493 e. The van der Waals surface area contributed by atoms with E-state index in [1.807, 2.05) is 48.5 Å². The maximum absolute atomic E-state index is 5.85. The van der Waals surface area contributed by atoms with Crippen molar-refractivity contribution in [3.63, 3.8) is 0 Å². The SMILES string of the molecule is CC(C)COc1ccc(-c2c3nsnc3c(-c3ccc(OCC(C)C)cc3)c3[nH]nnc23)cc1. The number of aromatic nitrogens is 5. The summed E-state index contributed by atoms with van der Waals surface area (Å²) < 4.78 is 21.0. The number of nitrogens with one attached hydrogen (secondary N) is 1. The summed E-state index contributed by atoms with van der Waals surface area (Å²) in [6.45, 7) is 9.91. The molecule has 0 aliphatic heterocycles. The van der Waals surface area contributed by atoms with Gasteiger partial charge in [0.1, 0.15) is 28.0 Å². The zero-order valence-electron chi connectivity index (χ0n) is 19.7. The van der Waals surface area contributed by atoms with Crippen LogP contribution in [0.3, 0.4) is 0 Å². The number of hydrogen-bond donors (Lipinski definition) is 1. The van der Waals surface area contributed by atoms with E-state index < -0.39 is 0 Å². The fourth-order valence-corrected chi connectivity index (χ4v) is 4.40. The smallest absolute Gasteiger partial charge is 0.123 e. The molecule has 0 atom stereocenters. The molecule has 7 nitrogen and oxygen atoms in total. The lowest BCUT2D eigenvalue weighted by atomic mass is 9.95. The first kappa shape index (κ1) is 22.3. The highest BCUT2D eigenvalue weighted by Gasteiger charge is 2.22. The summed E-state index contributed by atoms with van der Waals surface area (Å²) in [6.07, 6.45) is 0. The molecule has 1 N–H and O–H groups in total. The molecule has 0 bridgehead atoms. The number of fused-ring (bicyclic) bond motifs is 2. The molecule has 0 saturated carbocycles. The van der Waals surface area contributed by atoms with Crippen molar-refractivity contribution >= 4 is 33.8 Å². The van der Waals surface area contributed by atoms with Crippen LogP contribution in [-0.2, 0) is 0 Å². The molecule has 0 unspecified atom stereocenters. The quantitative estimate of drug-likeness (QED) is 0.282. The Labute approximate surface area is 202 Å². The van der Waals surface area contributed by atoms with Crippen LogP contribution in [0.25, 0.3) is 44.3 Å². The van der Waals surface area contributed by atoms with Gasteiger partial charge in [-0.25, -0.2) is 0 Å². The first-order chi connectivity index (χ1) is 16.5. The fraction of sp³-hybridized carbons (Fsp3) is 0.308. The first-order valence-corrected chi connectivity index (χ1v) is 12.2. The van der Waals surface area contributed by atoms with E-state index in [-0.39, 0.29) is 0 Å². The molecular formula is C26H27N5O2S. The highest BCUT2D eigenvalue weighted by atomic mass is 32.1. The molecule has 2 heterocycles. The predicted molar refractivity (Wildman–Crippen MR) is 136 cm³/mol.